The lowest BCUT2D eigenvalue weighted by atomic mass is 10.2. The summed E-state index contributed by atoms with van der Waals surface area (Å²) in [6, 6.07) is 9.14. The van der Waals surface area contributed by atoms with Gasteiger partial charge >= 0.3 is 0 Å². The second kappa shape index (κ2) is 9.77. The van der Waals surface area contributed by atoms with Gasteiger partial charge in [-0.2, -0.15) is 0 Å². The molecule has 1 aliphatic heterocycles. The fourth-order valence-electron chi connectivity index (χ4n) is 3.34. The third kappa shape index (κ3) is 4.82. The third-order valence-electron chi connectivity index (χ3n) is 4.97. The van der Waals surface area contributed by atoms with Crippen LogP contribution in [0.2, 0.25) is 5.02 Å². The monoisotopic (exact) mass is 473 g/mol. The van der Waals surface area contributed by atoms with Crippen LogP contribution in [0.5, 0.6) is 17.2 Å². The van der Waals surface area contributed by atoms with Crippen LogP contribution in [0.15, 0.2) is 36.4 Å². The van der Waals surface area contributed by atoms with Crippen LogP contribution in [0, 0.1) is 0 Å². The Labute approximate surface area is 195 Å². The van der Waals surface area contributed by atoms with Crippen LogP contribution in [-0.4, -0.2) is 56.9 Å². The van der Waals surface area contributed by atoms with Gasteiger partial charge in [0.25, 0.3) is 5.91 Å². The number of anilines is 1. The van der Waals surface area contributed by atoms with Crippen molar-refractivity contribution in [2.45, 2.75) is 6.42 Å². The molecule has 0 N–H and O–H groups in total. The van der Waals surface area contributed by atoms with Crippen LogP contribution < -0.4 is 19.1 Å². The predicted molar refractivity (Wildman–Crippen MR) is 128 cm³/mol. The van der Waals surface area contributed by atoms with Gasteiger partial charge in [0, 0.05) is 12.6 Å². The van der Waals surface area contributed by atoms with Crippen LogP contribution in [0.4, 0.5) is 5.13 Å². The molecule has 0 fully saturated rings. The number of hydrogen-bond acceptors (Lipinski definition) is 7. The van der Waals surface area contributed by atoms with E-state index < -0.39 is 0 Å². The Morgan fingerprint density at radius 2 is 2.03 bits per heavy atom. The Kier molecular flexibility index (Phi) is 6.83. The minimum Gasteiger partial charge on any atom is -0.494 e. The van der Waals surface area contributed by atoms with Gasteiger partial charge in [-0.15, -0.1) is 0 Å². The minimum atomic E-state index is -0.157. The van der Waals surface area contributed by atoms with Gasteiger partial charge in [0.1, 0.15) is 11.3 Å². The van der Waals surface area contributed by atoms with Gasteiger partial charge < -0.3 is 19.1 Å². The average molecular weight is 474 g/mol. The second-order valence-corrected chi connectivity index (χ2v) is 8.90. The van der Waals surface area contributed by atoms with Crippen molar-refractivity contribution in [2.24, 2.45) is 0 Å². The smallest absolute Gasteiger partial charge is 0.252 e. The van der Waals surface area contributed by atoms with E-state index in [0.29, 0.717) is 39.5 Å². The van der Waals surface area contributed by atoms with Crippen molar-refractivity contribution in [3.05, 3.63) is 47.0 Å². The molecule has 1 amide bonds. The maximum absolute atomic E-state index is 13.2. The molecule has 2 heterocycles. The fraction of sp³-hybridized carbons (Fsp3) is 0.304. The van der Waals surface area contributed by atoms with Gasteiger partial charge in [-0.1, -0.05) is 29.0 Å². The summed E-state index contributed by atoms with van der Waals surface area (Å²) in [6.45, 7) is 1.59. The molecule has 0 bridgehead atoms. The van der Waals surface area contributed by atoms with E-state index in [-0.39, 0.29) is 12.7 Å². The molecule has 1 aliphatic rings. The molecular weight excluding hydrogens is 450 g/mol. The maximum atomic E-state index is 13.2. The molecule has 0 radical (unpaired) electrons. The number of amides is 1. The zero-order valence-corrected chi connectivity index (χ0v) is 19.7. The highest BCUT2D eigenvalue weighted by molar-refractivity contribution is 7.23. The van der Waals surface area contributed by atoms with E-state index in [0.717, 1.165) is 23.2 Å². The molecular formula is C23H24ClN3O4S. The number of methoxy groups -OCH3 is 1. The van der Waals surface area contributed by atoms with Crippen molar-refractivity contribution in [2.75, 3.05) is 46.0 Å². The van der Waals surface area contributed by atoms with Gasteiger partial charge in [-0.05, 0) is 63.0 Å². The van der Waals surface area contributed by atoms with Crippen LogP contribution in [-0.2, 0) is 4.79 Å². The van der Waals surface area contributed by atoms with E-state index in [2.05, 4.69) is 4.90 Å². The van der Waals surface area contributed by atoms with Crippen LogP contribution in [0.3, 0.4) is 0 Å². The summed E-state index contributed by atoms with van der Waals surface area (Å²) in [5.74, 6) is 1.86. The summed E-state index contributed by atoms with van der Waals surface area (Å²) in [5.41, 5.74) is 1.51. The highest BCUT2D eigenvalue weighted by Crippen LogP contribution is 2.39. The quantitative estimate of drug-likeness (QED) is 0.442. The van der Waals surface area contributed by atoms with Crippen LogP contribution >= 0.6 is 22.9 Å². The summed E-state index contributed by atoms with van der Waals surface area (Å²) in [4.78, 5) is 21.7. The number of aromatic nitrogens is 1. The van der Waals surface area contributed by atoms with Gasteiger partial charge in [-0.25, -0.2) is 4.98 Å². The first-order valence-electron chi connectivity index (χ1n) is 10.1. The minimum absolute atomic E-state index is 0.157. The average Bonchev–Trinajstić information content (AvgIpc) is 3.42. The van der Waals surface area contributed by atoms with E-state index in [1.165, 1.54) is 11.3 Å². The number of ether oxygens (including phenoxy) is 3. The van der Waals surface area contributed by atoms with Gasteiger partial charge in [-0.3, -0.25) is 9.69 Å². The van der Waals surface area contributed by atoms with Crippen molar-refractivity contribution < 1.29 is 19.0 Å². The van der Waals surface area contributed by atoms with E-state index in [9.17, 15) is 4.79 Å². The van der Waals surface area contributed by atoms with E-state index in [4.69, 9.17) is 30.8 Å². The van der Waals surface area contributed by atoms with Crippen molar-refractivity contribution in [1.82, 2.24) is 9.88 Å². The molecule has 3 aromatic rings. The summed E-state index contributed by atoms with van der Waals surface area (Å²) < 4.78 is 17.0. The van der Waals surface area contributed by atoms with E-state index in [1.807, 2.05) is 32.3 Å². The number of carbonyl (C=O) groups excluding carboxylic acids is 1. The Balaban J connectivity index is 1.62. The van der Waals surface area contributed by atoms with Crippen molar-refractivity contribution in [3.63, 3.8) is 0 Å². The molecule has 0 saturated heterocycles. The third-order valence-corrected chi connectivity index (χ3v) is 6.50. The number of thiazole rings is 1. The molecule has 0 atom stereocenters. The predicted octanol–water partition coefficient (Wildman–Crippen LogP) is 4.69. The lowest BCUT2D eigenvalue weighted by Crippen LogP contribution is -2.32. The van der Waals surface area contributed by atoms with Crippen LogP contribution in [0.1, 0.15) is 12.0 Å². The Morgan fingerprint density at radius 1 is 1.22 bits per heavy atom. The lowest BCUT2D eigenvalue weighted by molar-refractivity contribution is -0.114. The zero-order chi connectivity index (χ0) is 22.7. The van der Waals surface area contributed by atoms with Gasteiger partial charge in [0.05, 0.1) is 16.8 Å². The standard InChI is InChI=1S/C23H24ClN3O4S/c1-26(2)11-4-12-27(23-25-21-18(29-3)9-7-16(24)22(21)32-23)20(28)10-6-15-5-8-17-19(13-15)31-14-30-17/h5-10,13H,4,11-12,14H2,1-3H3/b10-6+. The summed E-state index contributed by atoms with van der Waals surface area (Å²) in [7, 11) is 5.61. The molecule has 0 spiro atoms. The molecule has 7 nitrogen and oxygen atoms in total. The Morgan fingerprint density at radius 3 is 2.81 bits per heavy atom. The van der Waals surface area contributed by atoms with Crippen molar-refractivity contribution >= 4 is 50.3 Å². The van der Waals surface area contributed by atoms with Crippen molar-refractivity contribution in [1.29, 1.82) is 0 Å². The summed E-state index contributed by atoms with van der Waals surface area (Å²) in [6.07, 6.45) is 4.12. The first-order valence-corrected chi connectivity index (χ1v) is 11.3. The van der Waals surface area contributed by atoms with Gasteiger partial charge in [0.15, 0.2) is 16.6 Å². The summed E-state index contributed by atoms with van der Waals surface area (Å²) in [5, 5.41) is 1.17. The number of fused-ring (bicyclic) bond motifs is 2. The number of carbonyl (C=O) groups is 1. The summed E-state index contributed by atoms with van der Waals surface area (Å²) >= 11 is 7.77. The SMILES string of the molecule is COc1ccc(Cl)c2sc(N(CCCN(C)C)C(=O)/C=C/c3ccc4c(c3)OCO4)nc12. The molecule has 4 rings (SSSR count). The molecule has 9 heteroatoms. The second-order valence-electron chi connectivity index (χ2n) is 7.52. The largest absolute Gasteiger partial charge is 0.494 e. The number of nitrogens with zero attached hydrogens (tertiary/aromatic N) is 3. The van der Waals surface area contributed by atoms with E-state index in [1.54, 1.807) is 36.3 Å². The van der Waals surface area contributed by atoms with Gasteiger partial charge in [0.2, 0.25) is 6.79 Å². The number of hydrogen-bond donors (Lipinski definition) is 0. The molecule has 2 aromatic carbocycles. The number of rotatable bonds is 8. The highest BCUT2D eigenvalue weighted by atomic mass is 35.5. The lowest BCUT2D eigenvalue weighted by Gasteiger charge is -2.19. The molecule has 168 valence electrons. The zero-order valence-electron chi connectivity index (χ0n) is 18.1. The number of halogens is 1. The van der Waals surface area contributed by atoms with E-state index >= 15 is 0 Å². The molecule has 0 unspecified atom stereocenters. The maximum Gasteiger partial charge on any atom is 0.252 e. The Bertz CT molecular complexity index is 1160. The first kappa shape index (κ1) is 22.4. The highest BCUT2D eigenvalue weighted by Gasteiger charge is 2.21. The van der Waals surface area contributed by atoms with Crippen molar-refractivity contribution in [3.8, 4) is 17.2 Å². The molecule has 1 aromatic heterocycles. The molecule has 0 saturated carbocycles. The normalized spacial score (nSPS) is 12.8. The topological polar surface area (TPSA) is 64.1 Å². The fourth-order valence-corrected chi connectivity index (χ4v) is 4.63. The first-order chi connectivity index (χ1) is 15.5. The Hall–Kier alpha value is -2.81. The van der Waals surface area contributed by atoms with Crippen LogP contribution in [0.25, 0.3) is 16.3 Å². The molecule has 0 aliphatic carbocycles. The molecule has 32 heavy (non-hydrogen) atoms. The number of benzene rings is 2.